The molecule has 2 aromatic rings. The Morgan fingerprint density at radius 2 is 1.48 bits per heavy atom. The lowest BCUT2D eigenvalue weighted by molar-refractivity contribution is -0.151. The monoisotopic (exact) mass is 313 g/mol. The zero-order valence-electron chi connectivity index (χ0n) is 12.4. The molecule has 0 radical (unpaired) electrons. The number of nitrogens with two attached hydrogens (primary N) is 1. The van der Waals surface area contributed by atoms with Crippen LogP contribution in [-0.4, -0.2) is 25.0 Å². The number of hydrogen-bond donors (Lipinski definition) is 1. The first-order valence-electron chi connectivity index (χ1n) is 6.76. The summed E-state index contributed by atoms with van der Waals surface area (Å²) in [6.07, 6.45) is -1.16. The van der Waals surface area contributed by atoms with Crippen LogP contribution in [-0.2, 0) is 14.3 Å². The molecule has 0 bridgehead atoms. The zero-order chi connectivity index (χ0) is 16.8. The summed E-state index contributed by atoms with van der Waals surface area (Å²) in [7, 11) is 1.22. The third-order valence-corrected chi connectivity index (χ3v) is 3.15. The maximum Gasteiger partial charge on any atom is 0.351 e. The second kappa shape index (κ2) is 7.22. The standard InChI is InChI=1S/C17H15NO5/c1-22-17(21)14(11-5-3-2-4-6-11)23-16(20)13-9-7-12(8-10-13)15(18)19/h2-10,14H,1H3,(H2,18,19)/t14-/m1/s1. The van der Waals surface area contributed by atoms with Crippen molar-refractivity contribution in [1.29, 1.82) is 0 Å². The molecule has 0 aliphatic carbocycles. The van der Waals surface area contributed by atoms with Crippen molar-refractivity contribution < 1.29 is 23.9 Å². The number of esters is 2. The molecule has 6 nitrogen and oxygen atoms in total. The van der Waals surface area contributed by atoms with Gasteiger partial charge < -0.3 is 15.2 Å². The highest BCUT2D eigenvalue weighted by Crippen LogP contribution is 2.20. The van der Waals surface area contributed by atoms with Crippen molar-refractivity contribution in [2.45, 2.75) is 6.10 Å². The van der Waals surface area contributed by atoms with E-state index in [0.717, 1.165) is 0 Å². The van der Waals surface area contributed by atoms with Crippen LogP contribution < -0.4 is 5.73 Å². The predicted molar refractivity (Wildman–Crippen MR) is 81.6 cm³/mol. The van der Waals surface area contributed by atoms with E-state index in [-0.39, 0.29) is 11.1 Å². The molecule has 2 rings (SSSR count). The van der Waals surface area contributed by atoms with Crippen LogP contribution in [0.1, 0.15) is 32.4 Å². The Kier molecular flexibility index (Phi) is 5.09. The first kappa shape index (κ1) is 16.2. The number of carbonyl (C=O) groups is 3. The van der Waals surface area contributed by atoms with Crippen molar-refractivity contribution >= 4 is 17.8 Å². The maximum atomic E-state index is 12.2. The smallest absolute Gasteiger partial charge is 0.351 e. The van der Waals surface area contributed by atoms with Gasteiger partial charge >= 0.3 is 11.9 Å². The molecule has 0 aliphatic rings. The topological polar surface area (TPSA) is 95.7 Å². The van der Waals surface area contributed by atoms with E-state index in [1.54, 1.807) is 30.3 Å². The summed E-state index contributed by atoms with van der Waals surface area (Å²) in [4.78, 5) is 35.1. The van der Waals surface area contributed by atoms with Gasteiger partial charge in [-0.2, -0.15) is 0 Å². The Morgan fingerprint density at radius 1 is 0.913 bits per heavy atom. The van der Waals surface area contributed by atoms with E-state index in [9.17, 15) is 14.4 Å². The molecule has 2 N–H and O–H groups in total. The number of primary amides is 1. The number of benzene rings is 2. The summed E-state index contributed by atoms with van der Waals surface area (Å²) in [5.74, 6) is -1.99. The van der Waals surface area contributed by atoms with Gasteiger partial charge in [0.25, 0.3) is 0 Å². The number of rotatable bonds is 5. The first-order valence-corrected chi connectivity index (χ1v) is 6.76. The summed E-state index contributed by atoms with van der Waals surface area (Å²) in [6, 6.07) is 14.2. The van der Waals surface area contributed by atoms with Crippen molar-refractivity contribution in [1.82, 2.24) is 0 Å². The lowest BCUT2D eigenvalue weighted by Gasteiger charge is -2.16. The molecule has 0 unspecified atom stereocenters. The van der Waals surface area contributed by atoms with Gasteiger partial charge in [0.05, 0.1) is 12.7 Å². The third kappa shape index (κ3) is 3.94. The van der Waals surface area contributed by atoms with Gasteiger partial charge in [-0.15, -0.1) is 0 Å². The van der Waals surface area contributed by atoms with Gasteiger partial charge in [0.1, 0.15) is 0 Å². The van der Waals surface area contributed by atoms with Crippen LogP contribution in [0.5, 0.6) is 0 Å². The minimum absolute atomic E-state index is 0.194. The number of carbonyl (C=O) groups excluding carboxylic acids is 3. The Morgan fingerprint density at radius 3 is 2.00 bits per heavy atom. The lowest BCUT2D eigenvalue weighted by atomic mass is 10.1. The molecule has 0 heterocycles. The van der Waals surface area contributed by atoms with E-state index in [1.165, 1.54) is 31.4 Å². The van der Waals surface area contributed by atoms with Crippen LogP contribution in [0.4, 0.5) is 0 Å². The molecule has 0 aromatic heterocycles. The van der Waals surface area contributed by atoms with Gasteiger partial charge in [-0.3, -0.25) is 4.79 Å². The van der Waals surface area contributed by atoms with Crippen LogP contribution in [0.3, 0.4) is 0 Å². The molecule has 0 spiro atoms. The van der Waals surface area contributed by atoms with Gasteiger partial charge in [-0.1, -0.05) is 30.3 Å². The Hall–Kier alpha value is -3.15. The highest BCUT2D eigenvalue weighted by atomic mass is 16.6. The Bertz CT molecular complexity index is 710. The Balaban J connectivity index is 2.20. The minimum Gasteiger partial charge on any atom is -0.466 e. The van der Waals surface area contributed by atoms with Crippen LogP contribution >= 0.6 is 0 Å². The molecule has 0 aliphatic heterocycles. The van der Waals surface area contributed by atoms with E-state index in [2.05, 4.69) is 4.74 Å². The van der Waals surface area contributed by atoms with Crippen molar-refractivity contribution in [2.75, 3.05) is 7.11 Å². The first-order chi connectivity index (χ1) is 11.0. The van der Waals surface area contributed by atoms with Crippen LogP contribution in [0.2, 0.25) is 0 Å². The van der Waals surface area contributed by atoms with Crippen molar-refractivity contribution in [3.8, 4) is 0 Å². The molecule has 0 saturated carbocycles. The molecule has 0 saturated heterocycles. The predicted octanol–water partition coefficient (Wildman–Crippen LogP) is 1.86. The second-order valence-electron chi connectivity index (χ2n) is 4.66. The highest BCUT2D eigenvalue weighted by Gasteiger charge is 2.26. The number of ether oxygens (including phenoxy) is 2. The average molecular weight is 313 g/mol. The SMILES string of the molecule is COC(=O)[C@H](OC(=O)c1ccc(C(N)=O)cc1)c1ccccc1. The molecule has 118 valence electrons. The average Bonchev–Trinajstić information content (AvgIpc) is 2.59. The van der Waals surface area contributed by atoms with Crippen LogP contribution in [0, 0.1) is 0 Å². The number of hydrogen-bond acceptors (Lipinski definition) is 5. The van der Waals surface area contributed by atoms with E-state index in [4.69, 9.17) is 10.5 Å². The normalized spacial score (nSPS) is 11.3. The van der Waals surface area contributed by atoms with Gasteiger partial charge in [0.15, 0.2) is 0 Å². The Labute approximate surface area is 132 Å². The fraction of sp³-hybridized carbons (Fsp3) is 0.118. The quantitative estimate of drug-likeness (QED) is 0.850. The number of methoxy groups -OCH3 is 1. The fourth-order valence-electron chi connectivity index (χ4n) is 1.93. The van der Waals surface area contributed by atoms with E-state index >= 15 is 0 Å². The van der Waals surface area contributed by atoms with Gasteiger partial charge in [0.2, 0.25) is 12.0 Å². The maximum absolute atomic E-state index is 12.2. The van der Waals surface area contributed by atoms with Gasteiger partial charge in [-0.05, 0) is 24.3 Å². The van der Waals surface area contributed by atoms with E-state index in [1.807, 2.05) is 0 Å². The summed E-state index contributed by atoms with van der Waals surface area (Å²) >= 11 is 0. The lowest BCUT2D eigenvalue weighted by Crippen LogP contribution is -2.21. The molecule has 23 heavy (non-hydrogen) atoms. The van der Waals surface area contributed by atoms with Gasteiger partial charge in [-0.25, -0.2) is 9.59 Å². The molecular formula is C17H15NO5. The van der Waals surface area contributed by atoms with Crippen molar-refractivity contribution in [2.24, 2.45) is 5.73 Å². The number of amides is 1. The summed E-state index contributed by atoms with van der Waals surface area (Å²) in [5.41, 5.74) is 6.11. The highest BCUT2D eigenvalue weighted by molar-refractivity contribution is 5.95. The molecule has 2 aromatic carbocycles. The molecular weight excluding hydrogens is 298 g/mol. The fourth-order valence-corrected chi connectivity index (χ4v) is 1.93. The van der Waals surface area contributed by atoms with E-state index in [0.29, 0.717) is 5.56 Å². The molecule has 1 atom stereocenters. The summed E-state index contributed by atoms with van der Waals surface area (Å²) in [6.45, 7) is 0. The summed E-state index contributed by atoms with van der Waals surface area (Å²) < 4.78 is 9.92. The van der Waals surface area contributed by atoms with Crippen LogP contribution in [0.15, 0.2) is 54.6 Å². The van der Waals surface area contributed by atoms with Crippen molar-refractivity contribution in [3.63, 3.8) is 0 Å². The third-order valence-electron chi connectivity index (χ3n) is 3.15. The van der Waals surface area contributed by atoms with Gasteiger partial charge in [0, 0.05) is 11.1 Å². The largest absolute Gasteiger partial charge is 0.466 e. The van der Waals surface area contributed by atoms with Crippen LogP contribution in [0.25, 0.3) is 0 Å². The summed E-state index contributed by atoms with van der Waals surface area (Å²) in [5, 5.41) is 0. The molecule has 0 fully saturated rings. The molecule has 1 amide bonds. The molecule has 6 heteroatoms. The van der Waals surface area contributed by atoms with Crippen molar-refractivity contribution in [3.05, 3.63) is 71.3 Å². The second-order valence-corrected chi connectivity index (χ2v) is 4.66. The zero-order valence-corrected chi connectivity index (χ0v) is 12.4. The minimum atomic E-state index is -1.16. The van der Waals surface area contributed by atoms with E-state index < -0.39 is 23.9 Å².